The number of amides is 1. The van der Waals surface area contributed by atoms with Crippen molar-refractivity contribution < 1.29 is 14.7 Å². The monoisotopic (exact) mass is 298 g/mol. The van der Waals surface area contributed by atoms with Gasteiger partial charge in [-0.25, -0.2) is 4.79 Å². The zero-order chi connectivity index (χ0) is 14.8. The zero-order valence-electron chi connectivity index (χ0n) is 10.7. The van der Waals surface area contributed by atoms with Crippen LogP contribution >= 0.6 is 11.3 Å². The lowest BCUT2D eigenvalue weighted by atomic mass is 10.2. The first-order valence-corrected chi connectivity index (χ1v) is 6.95. The Morgan fingerprint density at radius 2 is 1.81 bits per heavy atom. The number of fused-ring (bicyclic) bond motifs is 1. The van der Waals surface area contributed by atoms with Crippen molar-refractivity contribution in [3.63, 3.8) is 0 Å². The first-order valence-electron chi connectivity index (χ1n) is 6.13. The molecule has 0 aliphatic carbocycles. The molecule has 5 nitrogen and oxygen atoms in total. The van der Waals surface area contributed by atoms with Gasteiger partial charge < -0.3 is 10.4 Å². The van der Waals surface area contributed by atoms with E-state index in [4.69, 9.17) is 5.11 Å². The summed E-state index contributed by atoms with van der Waals surface area (Å²) in [5, 5.41) is 12.6. The highest BCUT2D eigenvalue weighted by Crippen LogP contribution is 2.23. The number of nitrogens with one attached hydrogen (secondary N) is 1. The van der Waals surface area contributed by atoms with Crippen molar-refractivity contribution in [3.05, 3.63) is 58.4 Å². The molecule has 3 aromatic rings. The Morgan fingerprint density at radius 1 is 1.05 bits per heavy atom. The smallest absolute Gasteiger partial charge is 0.345 e. The van der Waals surface area contributed by atoms with Crippen LogP contribution < -0.4 is 5.32 Å². The number of pyridine rings is 1. The Balaban J connectivity index is 1.91. The number of carbonyl (C=O) groups is 2. The minimum Gasteiger partial charge on any atom is -0.477 e. The molecule has 0 bridgehead atoms. The Hall–Kier alpha value is -2.73. The second-order valence-electron chi connectivity index (χ2n) is 4.30. The van der Waals surface area contributed by atoms with Gasteiger partial charge in [-0.2, -0.15) is 0 Å². The van der Waals surface area contributed by atoms with E-state index in [1.165, 1.54) is 12.1 Å². The second kappa shape index (κ2) is 5.34. The lowest BCUT2D eigenvalue weighted by Crippen LogP contribution is -2.10. The summed E-state index contributed by atoms with van der Waals surface area (Å²) in [4.78, 5) is 27.7. The molecule has 1 amide bonds. The Labute approximate surface area is 123 Å². The highest BCUT2D eigenvalue weighted by molar-refractivity contribution is 7.16. The number of thiophene rings is 1. The van der Waals surface area contributed by atoms with Crippen LogP contribution in [0.2, 0.25) is 0 Å². The van der Waals surface area contributed by atoms with E-state index in [0.29, 0.717) is 16.1 Å². The molecule has 0 saturated carbocycles. The molecule has 0 aliphatic rings. The predicted molar refractivity (Wildman–Crippen MR) is 81.0 cm³/mol. The number of para-hydroxylation sites is 1. The molecule has 21 heavy (non-hydrogen) atoms. The third-order valence-corrected chi connectivity index (χ3v) is 3.99. The summed E-state index contributed by atoms with van der Waals surface area (Å²) in [6, 6.07) is 12.2. The van der Waals surface area contributed by atoms with E-state index in [0.717, 1.165) is 16.7 Å². The summed E-state index contributed by atoms with van der Waals surface area (Å²) in [6.07, 6.45) is 1.66. The molecule has 0 spiro atoms. The van der Waals surface area contributed by atoms with Gasteiger partial charge >= 0.3 is 5.97 Å². The highest BCUT2D eigenvalue weighted by Gasteiger charge is 2.14. The molecule has 1 aromatic carbocycles. The number of hydrogen-bond acceptors (Lipinski definition) is 4. The average Bonchev–Trinajstić information content (AvgIpc) is 2.98. The number of rotatable bonds is 3. The standard InChI is InChI=1S/C15H10N2O3S/c18-14(11-6-7-12(21-11)15(19)20)17-10-5-1-3-9-4-2-8-16-13(9)10/h1-8H,(H,17,18)(H,19,20). The number of carbonyl (C=O) groups excluding carboxylic acids is 1. The normalized spacial score (nSPS) is 10.5. The summed E-state index contributed by atoms with van der Waals surface area (Å²) in [5.74, 6) is -1.38. The van der Waals surface area contributed by atoms with Crippen LogP contribution in [0.5, 0.6) is 0 Å². The fourth-order valence-electron chi connectivity index (χ4n) is 1.96. The predicted octanol–water partition coefficient (Wildman–Crippen LogP) is 3.25. The van der Waals surface area contributed by atoms with Gasteiger partial charge in [0.15, 0.2) is 0 Å². The number of nitrogens with zero attached hydrogens (tertiary/aromatic N) is 1. The Bertz CT molecular complexity index is 836. The van der Waals surface area contributed by atoms with Crippen LogP contribution in [0.3, 0.4) is 0 Å². The van der Waals surface area contributed by atoms with E-state index in [9.17, 15) is 9.59 Å². The van der Waals surface area contributed by atoms with E-state index in [1.54, 1.807) is 12.3 Å². The van der Waals surface area contributed by atoms with Crippen LogP contribution in [-0.2, 0) is 0 Å². The molecule has 3 rings (SSSR count). The van der Waals surface area contributed by atoms with Gasteiger partial charge in [0, 0.05) is 11.6 Å². The van der Waals surface area contributed by atoms with Crippen molar-refractivity contribution in [1.29, 1.82) is 0 Å². The number of aromatic nitrogens is 1. The van der Waals surface area contributed by atoms with E-state index < -0.39 is 5.97 Å². The maximum atomic E-state index is 12.2. The minimum atomic E-state index is -1.04. The van der Waals surface area contributed by atoms with Crippen LogP contribution in [0.1, 0.15) is 19.3 Å². The van der Waals surface area contributed by atoms with Gasteiger partial charge in [-0.1, -0.05) is 18.2 Å². The first-order chi connectivity index (χ1) is 10.1. The second-order valence-corrected chi connectivity index (χ2v) is 5.39. The average molecular weight is 298 g/mol. The molecule has 2 heterocycles. The molecule has 104 valence electrons. The van der Waals surface area contributed by atoms with Gasteiger partial charge in [0.1, 0.15) is 4.88 Å². The van der Waals surface area contributed by atoms with Crippen molar-refractivity contribution >= 4 is 39.8 Å². The quantitative estimate of drug-likeness (QED) is 0.778. The van der Waals surface area contributed by atoms with Crippen molar-refractivity contribution in [2.75, 3.05) is 5.32 Å². The fraction of sp³-hybridized carbons (Fsp3) is 0. The Morgan fingerprint density at radius 3 is 2.57 bits per heavy atom. The van der Waals surface area contributed by atoms with Crippen LogP contribution in [-0.4, -0.2) is 22.0 Å². The number of benzene rings is 1. The Kier molecular flexibility index (Phi) is 3.37. The van der Waals surface area contributed by atoms with Crippen molar-refractivity contribution in [2.45, 2.75) is 0 Å². The van der Waals surface area contributed by atoms with E-state index in [1.807, 2.05) is 24.3 Å². The van der Waals surface area contributed by atoms with Gasteiger partial charge in [0.2, 0.25) is 0 Å². The van der Waals surface area contributed by atoms with Crippen molar-refractivity contribution in [3.8, 4) is 0 Å². The molecule has 2 N–H and O–H groups in total. The lowest BCUT2D eigenvalue weighted by Gasteiger charge is -2.06. The molecule has 0 saturated heterocycles. The summed E-state index contributed by atoms with van der Waals surface area (Å²) < 4.78 is 0. The van der Waals surface area contributed by atoms with Crippen LogP contribution in [0.4, 0.5) is 5.69 Å². The topological polar surface area (TPSA) is 79.3 Å². The number of anilines is 1. The SMILES string of the molecule is O=C(O)c1ccc(C(=O)Nc2cccc3cccnc23)s1. The molecule has 2 aromatic heterocycles. The summed E-state index contributed by atoms with van der Waals surface area (Å²) in [6.45, 7) is 0. The number of carboxylic acid groups (broad SMARTS) is 1. The van der Waals surface area contributed by atoms with Crippen LogP contribution in [0, 0.1) is 0 Å². The maximum Gasteiger partial charge on any atom is 0.345 e. The van der Waals surface area contributed by atoms with Gasteiger partial charge in [0.25, 0.3) is 5.91 Å². The molecule has 0 fully saturated rings. The lowest BCUT2D eigenvalue weighted by molar-refractivity contribution is 0.0702. The molecular weight excluding hydrogens is 288 g/mol. The molecular formula is C15H10N2O3S. The molecule has 0 aliphatic heterocycles. The van der Waals surface area contributed by atoms with Crippen molar-refractivity contribution in [1.82, 2.24) is 4.98 Å². The zero-order valence-corrected chi connectivity index (χ0v) is 11.6. The third kappa shape index (κ3) is 2.61. The van der Waals surface area contributed by atoms with Crippen molar-refractivity contribution in [2.24, 2.45) is 0 Å². The number of aromatic carboxylic acids is 1. The number of carboxylic acids is 1. The van der Waals surface area contributed by atoms with Crippen LogP contribution in [0.15, 0.2) is 48.7 Å². The fourth-order valence-corrected chi connectivity index (χ4v) is 2.70. The summed E-state index contributed by atoms with van der Waals surface area (Å²) >= 11 is 0.942. The first kappa shape index (κ1) is 13.3. The van der Waals surface area contributed by atoms with Crippen LogP contribution in [0.25, 0.3) is 10.9 Å². The third-order valence-electron chi connectivity index (χ3n) is 2.92. The van der Waals surface area contributed by atoms with E-state index >= 15 is 0 Å². The van der Waals surface area contributed by atoms with Gasteiger partial charge in [-0.3, -0.25) is 9.78 Å². The maximum absolute atomic E-state index is 12.2. The van der Waals surface area contributed by atoms with Gasteiger partial charge in [-0.15, -0.1) is 11.3 Å². The molecule has 0 atom stereocenters. The molecule has 0 unspecified atom stereocenters. The highest BCUT2D eigenvalue weighted by atomic mass is 32.1. The molecule has 0 radical (unpaired) electrons. The summed E-state index contributed by atoms with van der Waals surface area (Å²) in [5.41, 5.74) is 1.30. The van der Waals surface area contributed by atoms with Gasteiger partial charge in [0.05, 0.1) is 16.1 Å². The van der Waals surface area contributed by atoms with E-state index in [2.05, 4.69) is 10.3 Å². The van der Waals surface area contributed by atoms with Gasteiger partial charge in [-0.05, 0) is 24.3 Å². The minimum absolute atomic E-state index is 0.135. The number of hydrogen-bond donors (Lipinski definition) is 2. The summed E-state index contributed by atoms with van der Waals surface area (Å²) in [7, 11) is 0. The van der Waals surface area contributed by atoms with E-state index in [-0.39, 0.29) is 10.8 Å². The largest absolute Gasteiger partial charge is 0.477 e. The molecule has 6 heteroatoms.